The maximum Gasteiger partial charge on any atom is 0.313 e. The van der Waals surface area contributed by atoms with E-state index >= 15 is 0 Å². The normalized spacial score (nSPS) is 15.8. The van der Waals surface area contributed by atoms with Crippen molar-refractivity contribution in [1.82, 2.24) is 19.9 Å². The van der Waals surface area contributed by atoms with Crippen molar-refractivity contribution in [2.24, 2.45) is 5.10 Å². The lowest BCUT2D eigenvalue weighted by molar-refractivity contribution is -0.133. The van der Waals surface area contributed by atoms with Gasteiger partial charge < -0.3 is 5.11 Å². The summed E-state index contributed by atoms with van der Waals surface area (Å²) in [5.74, 6) is 0.216. The Bertz CT molecular complexity index is 711. The number of aliphatic carboxylic acids is 1. The van der Waals surface area contributed by atoms with Gasteiger partial charge in [0.2, 0.25) is 5.16 Å². The molecule has 3 rings (SSSR count). The molecule has 0 spiro atoms. The molecule has 7 nitrogen and oxygen atoms in total. The van der Waals surface area contributed by atoms with E-state index in [1.165, 1.54) is 19.3 Å². The summed E-state index contributed by atoms with van der Waals surface area (Å²) >= 11 is 1.14. The Kier molecular flexibility index (Phi) is 5.58. The van der Waals surface area contributed by atoms with Gasteiger partial charge in [-0.25, -0.2) is 0 Å². The van der Waals surface area contributed by atoms with Crippen LogP contribution in [0.2, 0.25) is 0 Å². The minimum absolute atomic E-state index is 0.0619. The van der Waals surface area contributed by atoms with Gasteiger partial charge in [0.15, 0.2) is 5.82 Å². The number of carboxylic acids is 1. The van der Waals surface area contributed by atoms with E-state index in [1.807, 2.05) is 12.1 Å². The molecular formula is C16H19N5O2S. The largest absolute Gasteiger partial charge is 0.481 e. The number of carbonyl (C=O) groups is 1. The molecule has 1 N–H and O–H groups in total. The van der Waals surface area contributed by atoms with Crippen LogP contribution in [0.25, 0.3) is 0 Å². The predicted molar refractivity (Wildman–Crippen MR) is 91.4 cm³/mol. The van der Waals surface area contributed by atoms with Gasteiger partial charge in [-0.1, -0.05) is 31.0 Å². The molecule has 0 bridgehead atoms. The summed E-state index contributed by atoms with van der Waals surface area (Å²) in [7, 11) is 0. The van der Waals surface area contributed by atoms with Crippen molar-refractivity contribution in [3.8, 4) is 0 Å². The van der Waals surface area contributed by atoms with E-state index in [0.717, 1.165) is 36.0 Å². The number of pyridine rings is 1. The Morgan fingerprint density at radius 2 is 2.04 bits per heavy atom. The fourth-order valence-electron chi connectivity index (χ4n) is 2.79. The van der Waals surface area contributed by atoms with E-state index in [0.29, 0.717) is 11.1 Å². The Hall–Kier alpha value is -2.22. The molecule has 0 unspecified atom stereocenters. The zero-order valence-electron chi connectivity index (χ0n) is 13.2. The fourth-order valence-corrected chi connectivity index (χ4v) is 3.40. The highest BCUT2D eigenvalue weighted by Gasteiger charge is 2.23. The van der Waals surface area contributed by atoms with Gasteiger partial charge in [0.25, 0.3) is 0 Å². The zero-order valence-corrected chi connectivity index (χ0v) is 14.0. The van der Waals surface area contributed by atoms with Crippen molar-refractivity contribution >= 4 is 23.9 Å². The van der Waals surface area contributed by atoms with E-state index in [9.17, 15) is 4.79 Å². The Morgan fingerprint density at radius 3 is 2.75 bits per heavy atom. The maximum atomic E-state index is 10.8. The minimum atomic E-state index is -0.883. The molecule has 1 aliphatic rings. The second-order valence-corrected chi connectivity index (χ2v) is 6.64. The summed E-state index contributed by atoms with van der Waals surface area (Å²) in [5, 5.41) is 22.4. The summed E-state index contributed by atoms with van der Waals surface area (Å²) in [6.45, 7) is 0. The van der Waals surface area contributed by atoms with Gasteiger partial charge in [-0.15, -0.1) is 10.2 Å². The molecule has 1 saturated carbocycles. The van der Waals surface area contributed by atoms with Gasteiger partial charge in [-0.3, -0.25) is 9.78 Å². The lowest BCUT2D eigenvalue weighted by atomic mass is 9.89. The predicted octanol–water partition coefficient (Wildman–Crippen LogP) is 2.78. The number of hydrogen-bond acceptors (Lipinski definition) is 6. The van der Waals surface area contributed by atoms with Crippen LogP contribution in [-0.4, -0.2) is 42.9 Å². The number of rotatable bonds is 6. The van der Waals surface area contributed by atoms with Crippen molar-refractivity contribution in [2.45, 2.75) is 43.2 Å². The average molecular weight is 345 g/mol. The van der Waals surface area contributed by atoms with Crippen LogP contribution >= 0.6 is 11.8 Å². The van der Waals surface area contributed by atoms with Crippen LogP contribution in [0.5, 0.6) is 0 Å². The molecule has 2 aromatic heterocycles. The standard InChI is InChI=1S/C16H19N5O2S/c22-14(23)11-24-16-20-19-15(13-4-2-1-3-5-13)21(16)18-10-12-6-8-17-9-7-12/h6-10,13H,1-5,11H2,(H,22,23)/b18-10-. The first kappa shape index (κ1) is 16.6. The third kappa shape index (κ3) is 4.19. The van der Waals surface area contributed by atoms with E-state index in [-0.39, 0.29) is 5.75 Å². The monoisotopic (exact) mass is 345 g/mol. The van der Waals surface area contributed by atoms with Crippen molar-refractivity contribution in [1.29, 1.82) is 0 Å². The van der Waals surface area contributed by atoms with Gasteiger partial charge in [0.1, 0.15) is 0 Å². The highest BCUT2D eigenvalue weighted by molar-refractivity contribution is 7.99. The van der Waals surface area contributed by atoms with E-state index in [4.69, 9.17) is 5.11 Å². The molecule has 0 aromatic carbocycles. The molecule has 24 heavy (non-hydrogen) atoms. The van der Waals surface area contributed by atoms with Crippen molar-refractivity contribution in [2.75, 3.05) is 5.75 Å². The van der Waals surface area contributed by atoms with Gasteiger partial charge in [-0.05, 0) is 30.5 Å². The van der Waals surface area contributed by atoms with Crippen LogP contribution in [0.15, 0.2) is 34.8 Å². The van der Waals surface area contributed by atoms with Gasteiger partial charge >= 0.3 is 5.97 Å². The molecular weight excluding hydrogens is 326 g/mol. The zero-order chi connectivity index (χ0) is 16.8. The van der Waals surface area contributed by atoms with Crippen LogP contribution in [0, 0.1) is 0 Å². The lowest BCUT2D eigenvalue weighted by Crippen LogP contribution is -2.11. The van der Waals surface area contributed by atoms with Crippen LogP contribution in [0.1, 0.15) is 49.4 Å². The molecule has 2 aromatic rings. The maximum absolute atomic E-state index is 10.8. The van der Waals surface area contributed by atoms with Crippen molar-refractivity contribution < 1.29 is 9.90 Å². The summed E-state index contributed by atoms with van der Waals surface area (Å²) in [6.07, 6.45) is 10.9. The summed E-state index contributed by atoms with van der Waals surface area (Å²) in [4.78, 5) is 14.8. The van der Waals surface area contributed by atoms with Gasteiger partial charge in [-0.2, -0.15) is 9.78 Å². The minimum Gasteiger partial charge on any atom is -0.481 e. The molecule has 1 aliphatic carbocycles. The third-order valence-corrected chi connectivity index (χ3v) is 4.86. The highest BCUT2D eigenvalue weighted by atomic mass is 32.2. The lowest BCUT2D eigenvalue weighted by Gasteiger charge is -2.20. The number of hydrogen-bond donors (Lipinski definition) is 1. The van der Waals surface area contributed by atoms with Crippen LogP contribution in [-0.2, 0) is 4.79 Å². The molecule has 2 heterocycles. The Morgan fingerprint density at radius 1 is 1.29 bits per heavy atom. The van der Waals surface area contributed by atoms with Gasteiger partial charge in [0.05, 0.1) is 12.0 Å². The molecule has 1 fully saturated rings. The van der Waals surface area contributed by atoms with Gasteiger partial charge in [0, 0.05) is 18.3 Å². The van der Waals surface area contributed by atoms with E-state index < -0.39 is 5.97 Å². The van der Waals surface area contributed by atoms with Crippen LogP contribution in [0.3, 0.4) is 0 Å². The molecule has 0 radical (unpaired) electrons. The summed E-state index contributed by atoms with van der Waals surface area (Å²) in [6, 6.07) is 3.72. The topological polar surface area (TPSA) is 93.3 Å². The quantitative estimate of drug-likeness (QED) is 0.639. The Balaban J connectivity index is 1.88. The molecule has 8 heteroatoms. The van der Waals surface area contributed by atoms with E-state index in [1.54, 1.807) is 23.3 Å². The first-order valence-electron chi connectivity index (χ1n) is 7.98. The highest BCUT2D eigenvalue weighted by Crippen LogP contribution is 2.33. The second-order valence-electron chi connectivity index (χ2n) is 5.70. The molecule has 126 valence electrons. The molecule has 0 amide bonds. The van der Waals surface area contributed by atoms with E-state index in [2.05, 4.69) is 20.3 Å². The molecule has 0 atom stereocenters. The smallest absolute Gasteiger partial charge is 0.313 e. The second kappa shape index (κ2) is 8.05. The first-order valence-corrected chi connectivity index (χ1v) is 8.97. The molecule has 0 aliphatic heterocycles. The fraction of sp³-hybridized carbons (Fsp3) is 0.438. The first-order chi connectivity index (χ1) is 11.7. The SMILES string of the molecule is O=C(O)CSc1nnc(C2CCCCC2)n1/N=C\c1ccncc1. The number of thioether (sulfide) groups is 1. The number of nitrogens with zero attached hydrogens (tertiary/aromatic N) is 5. The average Bonchev–Trinajstić information content (AvgIpc) is 3.02. The summed E-state index contributed by atoms with van der Waals surface area (Å²) < 4.78 is 1.70. The number of carboxylic acid groups (broad SMARTS) is 1. The Labute approximate surface area is 144 Å². The van der Waals surface area contributed by atoms with Crippen LogP contribution < -0.4 is 0 Å². The summed E-state index contributed by atoms with van der Waals surface area (Å²) in [5.41, 5.74) is 0.919. The van der Waals surface area contributed by atoms with Crippen molar-refractivity contribution in [3.05, 3.63) is 35.9 Å². The molecule has 0 saturated heterocycles. The van der Waals surface area contributed by atoms with Crippen LogP contribution in [0.4, 0.5) is 0 Å². The van der Waals surface area contributed by atoms with Crippen molar-refractivity contribution in [3.63, 3.8) is 0 Å². The third-order valence-electron chi connectivity index (χ3n) is 3.96. The number of aromatic nitrogens is 4.